The molecule has 1 atom stereocenters. The number of ether oxygens (including phenoxy) is 2. The summed E-state index contributed by atoms with van der Waals surface area (Å²) in [6.45, 7) is 1.53. The SMILES string of the molecule is COc1cc(C#N)ccc1O[C@@H](C)C(=O)Nc1ccc(Br)cc1F. The second kappa shape index (κ2) is 7.79. The van der Waals surface area contributed by atoms with Crippen LogP contribution in [0.5, 0.6) is 11.5 Å². The van der Waals surface area contributed by atoms with Crippen molar-refractivity contribution >= 4 is 27.5 Å². The lowest BCUT2D eigenvalue weighted by Crippen LogP contribution is -2.30. The van der Waals surface area contributed by atoms with Gasteiger partial charge in [0.1, 0.15) is 5.82 Å². The van der Waals surface area contributed by atoms with Gasteiger partial charge < -0.3 is 14.8 Å². The van der Waals surface area contributed by atoms with Crippen LogP contribution in [0.2, 0.25) is 0 Å². The minimum atomic E-state index is -0.894. The smallest absolute Gasteiger partial charge is 0.265 e. The molecule has 2 aromatic rings. The van der Waals surface area contributed by atoms with Crippen molar-refractivity contribution in [2.45, 2.75) is 13.0 Å². The average molecular weight is 393 g/mol. The zero-order valence-corrected chi connectivity index (χ0v) is 14.6. The molecule has 0 bridgehead atoms. The Hall–Kier alpha value is -2.59. The molecular weight excluding hydrogens is 379 g/mol. The largest absolute Gasteiger partial charge is 0.493 e. The first-order valence-electron chi connectivity index (χ1n) is 6.95. The molecule has 0 aliphatic carbocycles. The number of benzene rings is 2. The molecule has 0 radical (unpaired) electrons. The molecule has 2 rings (SSSR count). The Bertz CT molecular complexity index is 805. The van der Waals surface area contributed by atoms with Crippen LogP contribution in [0.15, 0.2) is 40.9 Å². The second-order valence-corrected chi connectivity index (χ2v) is 5.77. The van der Waals surface area contributed by atoms with Crippen LogP contribution >= 0.6 is 15.9 Å². The van der Waals surface area contributed by atoms with Crippen LogP contribution < -0.4 is 14.8 Å². The predicted molar refractivity (Wildman–Crippen MR) is 90.5 cm³/mol. The summed E-state index contributed by atoms with van der Waals surface area (Å²) in [6, 6.07) is 10.9. The maximum absolute atomic E-state index is 13.8. The zero-order valence-electron chi connectivity index (χ0n) is 13.0. The number of amides is 1. The second-order valence-electron chi connectivity index (χ2n) is 4.85. The normalized spacial score (nSPS) is 11.3. The molecule has 7 heteroatoms. The van der Waals surface area contributed by atoms with Gasteiger partial charge in [0, 0.05) is 10.5 Å². The number of anilines is 1. The lowest BCUT2D eigenvalue weighted by Gasteiger charge is -2.17. The third-order valence-corrected chi connectivity index (χ3v) is 3.65. The molecule has 0 saturated heterocycles. The number of halogens is 2. The summed E-state index contributed by atoms with van der Waals surface area (Å²) in [6.07, 6.45) is -0.894. The number of carbonyl (C=O) groups is 1. The molecule has 1 amide bonds. The summed E-state index contributed by atoms with van der Waals surface area (Å²) in [7, 11) is 1.44. The summed E-state index contributed by atoms with van der Waals surface area (Å²) >= 11 is 3.15. The molecule has 0 unspecified atom stereocenters. The molecule has 24 heavy (non-hydrogen) atoms. The first-order chi connectivity index (χ1) is 11.4. The van der Waals surface area contributed by atoms with Crippen molar-refractivity contribution in [3.63, 3.8) is 0 Å². The van der Waals surface area contributed by atoms with Gasteiger partial charge in [0.15, 0.2) is 17.6 Å². The molecule has 0 aromatic heterocycles. The molecule has 1 N–H and O–H groups in total. The van der Waals surface area contributed by atoms with Crippen LogP contribution in [0.1, 0.15) is 12.5 Å². The number of rotatable bonds is 5. The van der Waals surface area contributed by atoms with Gasteiger partial charge in [-0.05, 0) is 37.3 Å². The van der Waals surface area contributed by atoms with Crippen molar-refractivity contribution in [1.29, 1.82) is 5.26 Å². The van der Waals surface area contributed by atoms with Gasteiger partial charge in [-0.1, -0.05) is 15.9 Å². The Morgan fingerprint density at radius 2 is 2.04 bits per heavy atom. The molecule has 0 spiro atoms. The third kappa shape index (κ3) is 4.24. The van der Waals surface area contributed by atoms with Gasteiger partial charge in [-0.25, -0.2) is 4.39 Å². The van der Waals surface area contributed by atoms with E-state index >= 15 is 0 Å². The minimum absolute atomic E-state index is 0.0606. The topological polar surface area (TPSA) is 71.3 Å². The summed E-state index contributed by atoms with van der Waals surface area (Å²) in [5, 5.41) is 11.3. The first-order valence-corrected chi connectivity index (χ1v) is 7.74. The predicted octanol–water partition coefficient (Wildman–Crippen LogP) is 3.87. The summed E-state index contributed by atoms with van der Waals surface area (Å²) in [5.41, 5.74) is 0.471. The Morgan fingerprint density at radius 3 is 2.67 bits per heavy atom. The van der Waals surface area contributed by atoms with E-state index < -0.39 is 17.8 Å². The van der Waals surface area contributed by atoms with Gasteiger partial charge in [0.2, 0.25) is 0 Å². The molecule has 0 fully saturated rings. The van der Waals surface area contributed by atoms with E-state index in [1.807, 2.05) is 6.07 Å². The van der Waals surface area contributed by atoms with E-state index in [2.05, 4.69) is 21.2 Å². The van der Waals surface area contributed by atoms with Gasteiger partial charge in [-0.15, -0.1) is 0 Å². The van der Waals surface area contributed by atoms with Crippen molar-refractivity contribution in [2.75, 3.05) is 12.4 Å². The van der Waals surface area contributed by atoms with Crippen molar-refractivity contribution in [3.8, 4) is 17.6 Å². The Kier molecular flexibility index (Phi) is 5.77. The number of methoxy groups -OCH3 is 1. The highest BCUT2D eigenvalue weighted by molar-refractivity contribution is 9.10. The molecule has 124 valence electrons. The van der Waals surface area contributed by atoms with E-state index in [-0.39, 0.29) is 5.69 Å². The lowest BCUT2D eigenvalue weighted by molar-refractivity contribution is -0.122. The summed E-state index contributed by atoms with van der Waals surface area (Å²) < 4.78 is 25.0. The summed E-state index contributed by atoms with van der Waals surface area (Å²) in [5.74, 6) is -0.414. The van der Waals surface area contributed by atoms with Crippen LogP contribution in [-0.2, 0) is 4.79 Å². The molecular formula is C17H14BrFN2O3. The van der Waals surface area contributed by atoms with Crippen molar-refractivity contribution < 1.29 is 18.7 Å². The van der Waals surface area contributed by atoms with Crippen LogP contribution in [0.25, 0.3) is 0 Å². The Labute approximate surface area is 147 Å². The highest BCUT2D eigenvalue weighted by Gasteiger charge is 2.18. The number of hydrogen-bond donors (Lipinski definition) is 1. The standard InChI is InChI=1S/C17H14BrFN2O3/c1-10(17(22)21-14-5-4-12(18)8-13(14)19)24-15-6-3-11(9-20)7-16(15)23-2/h3-8,10H,1-2H3,(H,21,22)/t10-/m0/s1. The van der Waals surface area contributed by atoms with E-state index in [9.17, 15) is 9.18 Å². The number of nitrogens with zero attached hydrogens (tertiary/aromatic N) is 1. The first kappa shape index (κ1) is 17.8. The number of nitrogens with one attached hydrogen (secondary N) is 1. The van der Waals surface area contributed by atoms with Gasteiger partial charge in [0.25, 0.3) is 5.91 Å². The Morgan fingerprint density at radius 1 is 1.29 bits per heavy atom. The van der Waals surface area contributed by atoms with E-state index in [0.29, 0.717) is 21.5 Å². The van der Waals surface area contributed by atoms with Crippen LogP contribution in [-0.4, -0.2) is 19.1 Å². The fourth-order valence-corrected chi connectivity index (χ4v) is 2.24. The minimum Gasteiger partial charge on any atom is -0.493 e. The fraction of sp³-hybridized carbons (Fsp3) is 0.176. The molecule has 0 aliphatic rings. The van der Waals surface area contributed by atoms with E-state index in [4.69, 9.17) is 14.7 Å². The van der Waals surface area contributed by atoms with Gasteiger partial charge >= 0.3 is 0 Å². The summed E-state index contributed by atoms with van der Waals surface area (Å²) in [4.78, 5) is 12.2. The zero-order chi connectivity index (χ0) is 17.7. The molecule has 0 heterocycles. The van der Waals surface area contributed by atoms with Crippen LogP contribution in [0.3, 0.4) is 0 Å². The fourth-order valence-electron chi connectivity index (χ4n) is 1.90. The molecule has 0 saturated carbocycles. The quantitative estimate of drug-likeness (QED) is 0.837. The van der Waals surface area contributed by atoms with Gasteiger partial charge in [-0.3, -0.25) is 4.79 Å². The van der Waals surface area contributed by atoms with Crippen LogP contribution in [0.4, 0.5) is 10.1 Å². The van der Waals surface area contributed by atoms with Gasteiger partial charge in [0.05, 0.1) is 24.4 Å². The average Bonchev–Trinajstić information content (AvgIpc) is 2.57. The maximum Gasteiger partial charge on any atom is 0.265 e. The maximum atomic E-state index is 13.8. The Balaban J connectivity index is 2.10. The molecule has 0 aliphatic heterocycles. The number of carbonyl (C=O) groups excluding carboxylic acids is 1. The number of nitriles is 1. The monoisotopic (exact) mass is 392 g/mol. The lowest BCUT2D eigenvalue weighted by atomic mass is 10.2. The highest BCUT2D eigenvalue weighted by Crippen LogP contribution is 2.29. The van der Waals surface area contributed by atoms with E-state index in [0.717, 1.165) is 0 Å². The van der Waals surface area contributed by atoms with Crippen molar-refractivity contribution in [3.05, 3.63) is 52.3 Å². The van der Waals surface area contributed by atoms with Gasteiger partial charge in [-0.2, -0.15) is 5.26 Å². The van der Waals surface area contributed by atoms with E-state index in [1.165, 1.54) is 32.2 Å². The molecule has 2 aromatic carbocycles. The van der Waals surface area contributed by atoms with Crippen molar-refractivity contribution in [1.82, 2.24) is 0 Å². The molecule has 5 nitrogen and oxygen atoms in total. The highest BCUT2D eigenvalue weighted by atomic mass is 79.9. The van der Waals surface area contributed by atoms with E-state index in [1.54, 1.807) is 18.2 Å². The van der Waals surface area contributed by atoms with Crippen LogP contribution in [0, 0.1) is 17.1 Å². The third-order valence-electron chi connectivity index (χ3n) is 3.15. The number of hydrogen-bond acceptors (Lipinski definition) is 4. The van der Waals surface area contributed by atoms with Crippen molar-refractivity contribution in [2.24, 2.45) is 0 Å².